The van der Waals surface area contributed by atoms with Crippen LogP contribution in [0.2, 0.25) is 0 Å². The largest absolute Gasteiger partial charge is 0.373 e. The monoisotopic (exact) mass is 249 g/mol. The quantitative estimate of drug-likeness (QED) is 0.831. The zero-order valence-corrected chi connectivity index (χ0v) is 11.3. The van der Waals surface area contributed by atoms with Gasteiger partial charge >= 0.3 is 0 Å². The predicted octanol–water partition coefficient (Wildman–Crippen LogP) is 1.66. The first-order chi connectivity index (χ1) is 8.78. The average molecular weight is 249 g/mol. The summed E-state index contributed by atoms with van der Waals surface area (Å²) in [5.74, 6) is 2.37. The fourth-order valence-electron chi connectivity index (χ4n) is 2.48. The molecule has 1 aliphatic heterocycles. The summed E-state index contributed by atoms with van der Waals surface area (Å²) in [5.41, 5.74) is 0. The molecule has 1 fully saturated rings. The third-order valence-electron chi connectivity index (χ3n) is 3.47. The van der Waals surface area contributed by atoms with E-state index >= 15 is 0 Å². The fourth-order valence-corrected chi connectivity index (χ4v) is 2.48. The van der Waals surface area contributed by atoms with Gasteiger partial charge in [0.2, 0.25) is 5.95 Å². The van der Waals surface area contributed by atoms with Crippen molar-refractivity contribution in [3.63, 3.8) is 0 Å². The Morgan fingerprint density at radius 3 is 3.17 bits per heavy atom. The van der Waals surface area contributed by atoms with Crippen LogP contribution in [-0.4, -0.2) is 48.6 Å². The van der Waals surface area contributed by atoms with Crippen molar-refractivity contribution in [2.75, 3.05) is 44.4 Å². The molecule has 0 amide bonds. The van der Waals surface area contributed by atoms with Gasteiger partial charge in [0.25, 0.3) is 0 Å². The van der Waals surface area contributed by atoms with Crippen LogP contribution in [0.25, 0.3) is 0 Å². The van der Waals surface area contributed by atoms with Crippen molar-refractivity contribution < 1.29 is 0 Å². The highest BCUT2D eigenvalue weighted by Gasteiger charge is 2.16. The molecule has 2 heterocycles. The van der Waals surface area contributed by atoms with Gasteiger partial charge in [-0.05, 0) is 44.8 Å². The second-order valence-electron chi connectivity index (χ2n) is 5.00. The first-order valence-electron chi connectivity index (χ1n) is 6.71. The van der Waals surface area contributed by atoms with Gasteiger partial charge in [-0.15, -0.1) is 0 Å². The van der Waals surface area contributed by atoms with Gasteiger partial charge in [-0.3, -0.25) is 0 Å². The fraction of sp³-hybridized carbons (Fsp3) is 0.692. The van der Waals surface area contributed by atoms with Crippen molar-refractivity contribution in [2.24, 2.45) is 5.92 Å². The zero-order chi connectivity index (χ0) is 12.8. The Balaban J connectivity index is 1.74. The predicted molar refractivity (Wildman–Crippen MR) is 74.9 cm³/mol. The van der Waals surface area contributed by atoms with E-state index in [1.807, 2.05) is 13.1 Å². The maximum atomic E-state index is 4.35. The first-order valence-corrected chi connectivity index (χ1v) is 6.71. The maximum absolute atomic E-state index is 4.35. The van der Waals surface area contributed by atoms with E-state index in [0.29, 0.717) is 5.95 Å². The molecule has 1 aromatic rings. The highest BCUT2D eigenvalue weighted by atomic mass is 15.1. The lowest BCUT2D eigenvalue weighted by atomic mass is 9.95. The molecule has 2 rings (SSSR count). The Morgan fingerprint density at radius 1 is 1.50 bits per heavy atom. The summed E-state index contributed by atoms with van der Waals surface area (Å²) in [6, 6.07) is 1.86. The molecular formula is C13H23N5. The third kappa shape index (κ3) is 3.84. The molecule has 0 spiro atoms. The molecule has 2 N–H and O–H groups in total. The smallest absolute Gasteiger partial charge is 0.224 e. The summed E-state index contributed by atoms with van der Waals surface area (Å²) < 4.78 is 0. The van der Waals surface area contributed by atoms with Crippen LogP contribution in [-0.2, 0) is 0 Å². The van der Waals surface area contributed by atoms with E-state index in [0.717, 1.165) is 18.3 Å². The molecular weight excluding hydrogens is 226 g/mol. The van der Waals surface area contributed by atoms with Crippen molar-refractivity contribution >= 4 is 11.8 Å². The molecule has 0 aromatic carbocycles. The summed E-state index contributed by atoms with van der Waals surface area (Å²) in [6.45, 7) is 3.42. The molecule has 1 aromatic heterocycles. The summed E-state index contributed by atoms with van der Waals surface area (Å²) in [6.07, 6.45) is 5.64. The topological polar surface area (TPSA) is 53.1 Å². The average Bonchev–Trinajstić information content (AvgIpc) is 2.39. The SMILES string of the molecule is CNc1ccnc(NCC[C@@H]2CCCN(C)C2)n1. The molecule has 18 heavy (non-hydrogen) atoms. The lowest BCUT2D eigenvalue weighted by Gasteiger charge is -2.29. The van der Waals surface area contributed by atoms with Crippen molar-refractivity contribution in [1.82, 2.24) is 14.9 Å². The summed E-state index contributed by atoms with van der Waals surface area (Å²) in [4.78, 5) is 11.0. The van der Waals surface area contributed by atoms with Crippen LogP contribution >= 0.6 is 0 Å². The minimum Gasteiger partial charge on any atom is -0.373 e. The summed E-state index contributed by atoms with van der Waals surface area (Å²) in [5, 5.41) is 6.32. The number of nitrogens with zero attached hydrogens (tertiary/aromatic N) is 3. The number of hydrogen-bond acceptors (Lipinski definition) is 5. The zero-order valence-electron chi connectivity index (χ0n) is 11.3. The normalized spacial score (nSPS) is 20.7. The molecule has 0 saturated carbocycles. The van der Waals surface area contributed by atoms with Crippen LogP contribution in [0.3, 0.4) is 0 Å². The Morgan fingerprint density at radius 2 is 2.39 bits per heavy atom. The lowest BCUT2D eigenvalue weighted by molar-refractivity contribution is 0.205. The first kappa shape index (κ1) is 13.1. The molecule has 0 bridgehead atoms. The molecule has 5 heteroatoms. The minimum absolute atomic E-state index is 0.714. The van der Waals surface area contributed by atoms with E-state index in [1.54, 1.807) is 6.20 Å². The molecule has 0 aliphatic carbocycles. The van der Waals surface area contributed by atoms with Crippen LogP contribution < -0.4 is 10.6 Å². The van der Waals surface area contributed by atoms with Gasteiger partial charge in [-0.1, -0.05) is 0 Å². The lowest BCUT2D eigenvalue weighted by Crippen LogP contribution is -2.32. The van der Waals surface area contributed by atoms with Crippen LogP contribution in [0, 0.1) is 5.92 Å². The van der Waals surface area contributed by atoms with Crippen LogP contribution in [0.4, 0.5) is 11.8 Å². The van der Waals surface area contributed by atoms with Gasteiger partial charge in [-0.25, -0.2) is 4.98 Å². The number of rotatable bonds is 5. The highest BCUT2D eigenvalue weighted by molar-refractivity contribution is 5.38. The van der Waals surface area contributed by atoms with Crippen LogP contribution in [0.5, 0.6) is 0 Å². The number of anilines is 2. The van der Waals surface area contributed by atoms with E-state index < -0.39 is 0 Å². The Hall–Kier alpha value is -1.36. The molecule has 1 saturated heterocycles. The van der Waals surface area contributed by atoms with Crippen molar-refractivity contribution in [3.8, 4) is 0 Å². The highest BCUT2D eigenvalue weighted by Crippen LogP contribution is 2.18. The van der Waals surface area contributed by atoms with Crippen molar-refractivity contribution in [1.29, 1.82) is 0 Å². The standard InChI is InChI=1S/C13H23N5/c1-14-12-6-8-16-13(17-12)15-7-5-11-4-3-9-18(2)10-11/h6,8,11H,3-5,7,9-10H2,1-2H3,(H2,14,15,16,17)/t11-/m0/s1. The van der Waals surface area contributed by atoms with E-state index in [9.17, 15) is 0 Å². The number of nitrogens with one attached hydrogen (secondary N) is 2. The van der Waals surface area contributed by atoms with Gasteiger partial charge in [0.1, 0.15) is 5.82 Å². The molecule has 5 nitrogen and oxygen atoms in total. The number of aromatic nitrogens is 2. The Labute approximate surface area is 109 Å². The van der Waals surface area contributed by atoms with Crippen molar-refractivity contribution in [2.45, 2.75) is 19.3 Å². The van der Waals surface area contributed by atoms with Crippen molar-refractivity contribution in [3.05, 3.63) is 12.3 Å². The van der Waals surface area contributed by atoms with E-state index in [1.165, 1.54) is 32.4 Å². The third-order valence-corrected chi connectivity index (χ3v) is 3.47. The molecule has 1 atom stereocenters. The van der Waals surface area contributed by atoms with Crippen LogP contribution in [0.15, 0.2) is 12.3 Å². The summed E-state index contributed by atoms with van der Waals surface area (Å²) in [7, 11) is 4.07. The van der Waals surface area contributed by atoms with Crippen LogP contribution in [0.1, 0.15) is 19.3 Å². The number of piperidine rings is 1. The van der Waals surface area contributed by atoms with Gasteiger partial charge in [-0.2, -0.15) is 4.98 Å². The van der Waals surface area contributed by atoms with Gasteiger partial charge in [0.15, 0.2) is 0 Å². The molecule has 0 unspecified atom stereocenters. The minimum atomic E-state index is 0.714. The second kappa shape index (κ2) is 6.54. The van der Waals surface area contributed by atoms with E-state index in [4.69, 9.17) is 0 Å². The van der Waals surface area contributed by atoms with Gasteiger partial charge < -0.3 is 15.5 Å². The second-order valence-corrected chi connectivity index (χ2v) is 5.00. The number of hydrogen-bond donors (Lipinski definition) is 2. The maximum Gasteiger partial charge on any atom is 0.224 e. The van der Waals surface area contributed by atoms with Gasteiger partial charge in [0.05, 0.1) is 0 Å². The number of likely N-dealkylation sites (tertiary alicyclic amines) is 1. The molecule has 100 valence electrons. The van der Waals surface area contributed by atoms with Gasteiger partial charge in [0, 0.05) is 26.3 Å². The molecule has 1 aliphatic rings. The van der Waals surface area contributed by atoms with E-state index in [2.05, 4.69) is 32.5 Å². The summed E-state index contributed by atoms with van der Waals surface area (Å²) >= 11 is 0. The van der Waals surface area contributed by atoms with E-state index in [-0.39, 0.29) is 0 Å². The molecule has 0 radical (unpaired) electrons. The Bertz CT molecular complexity index is 368. The Kier molecular flexibility index (Phi) is 4.75.